The molecule has 9 heteroatoms. The molecule has 2 aromatic carbocycles. The minimum atomic E-state index is -1.07. The van der Waals surface area contributed by atoms with Gasteiger partial charge in [-0.25, -0.2) is 14.3 Å². The second-order valence-electron chi connectivity index (χ2n) is 9.90. The van der Waals surface area contributed by atoms with Gasteiger partial charge in [0.15, 0.2) is 5.60 Å². The van der Waals surface area contributed by atoms with Gasteiger partial charge in [-0.2, -0.15) is 5.10 Å². The van der Waals surface area contributed by atoms with E-state index in [1.54, 1.807) is 18.4 Å². The lowest BCUT2D eigenvalue weighted by atomic mass is 10.1. The Labute approximate surface area is 223 Å². The monoisotopic (exact) mass is 522 g/mol. The summed E-state index contributed by atoms with van der Waals surface area (Å²) in [5, 5.41) is 7.33. The molecule has 9 nitrogen and oxygen atoms in total. The fourth-order valence-corrected chi connectivity index (χ4v) is 4.15. The molecule has 0 unspecified atom stereocenters. The molecule has 0 radical (unpaired) electrons. The third-order valence-corrected chi connectivity index (χ3v) is 6.51. The van der Waals surface area contributed by atoms with Crippen molar-refractivity contribution in [2.75, 3.05) is 7.11 Å². The normalized spacial score (nSPS) is 11.3. The van der Waals surface area contributed by atoms with E-state index < -0.39 is 11.6 Å². The van der Waals surface area contributed by atoms with Crippen LogP contribution in [0.3, 0.4) is 0 Å². The van der Waals surface area contributed by atoms with E-state index in [2.05, 4.69) is 16.5 Å². The number of amides is 1. The Balaban J connectivity index is 1.55. The molecule has 204 valence electrons. The quantitative estimate of drug-likeness (QED) is 0.365. The van der Waals surface area contributed by atoms with Crippen LogP contribution in [0.1, 0.15) is 55.3 Å². The summed E-state index contributed by atoms with van der Waals surface area (Å²) in [7, 11) is 1.33. The van der Waals surface area contributed by atoms with E-state index in [-0.39, 0.29) is 18.1 Å². The van der Waals surface area contributed by atoms with Crippen molar-refractivity contribution in [3.05, 3.63) is 81.0 Å². The second-order valence-corrected chi connectivity index (χ2v) is 9.90. The molecule has 0 saturated carbocycles. The Morgan fingerprint density at radius 2 is 1.68 bits per heavy atom. The molecule has 0 bridgehead atoms. The first-order chi connectivity index (χ1) is 18.0. The number of rotatable bonds is 12. The minimum Gasteiger partial charge on any atom is -0.476 e. The predicted molar refractivity (Wildman–Crippen MR) is 145 cm³/mol. The highest BCUT2D eigenvalue weighted by Crippen LogP contribution is 2.21. The molecule has 3 rings (SSSR count). The van der Waals surface area contributed by atoms with Crippen molar-refractivity contribution in [1.29, 1.82) is 0 Å². The number of hydrogen-bond acceptors (Lipinski definition) is 6. The van der Waals surface area contributed by atoms with Gasteiger partial charge in [-0.1, -0.05) is 30.3 Å². The van der Waals surface area contributed by atoms with Gasteiger partial charge in [-0.05, 0) is 81.8 Å². The maximum absolute atomic E-state index is 12.8. The SMILES string of the molecule is CCn1c(CCCc2ccc(OC(C)(C)C(=O)OC)cc2)nn(CC(=O)NCc2ccc(C)c(C)c2)c1=O. The highest BCUT2D eigenvalue weighted by atomic mass is 16.6. The minimum absolute atomic E-state index is 0.118. The number of carbonyl (C=O) groups excluding carboxylic acids is 2. The summed E-state index contributed by atoms with van der Waals surface area (Å²) in [5.41, 5.74) is 3.14. The number of carbonyl (C=O) groups is 2. The average Bonchev–Trinajstić information content (AvgIpc) is 3.18. The number of methoxy groups -OCH3 is 1. The van der Waals surface area contributed by atoms with Crippen molar-refractivity contribution >= 4 is 11.9 Å². The van der Waals surface area contributed by atoms with Crippen molar-refractivity contribution in [2.24, 2.45) is 0 Å². The molecule has 0 aliphatic heterocycles. The first-order valence-corrected chi connectivity index (χ1v) is 12.9. The van der Waals surface area contributed by atoms with Crippen LogP contribution < -0.4 is 15.7 Å². The molecule has 0 aliphatic rings. The van der Waals surface area contributed by atoms with E-state index >= 15 is 0 Å². The van der Waals surface area contributed by atoms with E-state index in [1.165, 1.54) is 22.9 Å². The fraction of sp³-hybridized carbons (Fsp3) is 0.448. The van der Waals surface area contributed by atoms with Crippen molar-refractivity contribution in [3.8, 4) is 5.75 Å². The lowest BCUT2D eigenvalue weighted by Gasteiger charge is -2.23. The zero-order chi connectivity index (χ0) is 27.9. The molecule has 1 aromatic heterocycles. The van der Waals surface area contributed by atoms with Gasteiger partial charge in [0.1, 0.15) is 18.1 Å². The van der Waals surface area contributed by atoms with Crippen LogP contribution in [-0.2, 0) is 46.8 Å². The van der Waals surface area contributed by atoms with Crippen LogP contribution >= 0.6 is 0 Å². The lowest BCUT2D eigenvalue weighted by Crippen LogP contribution is -2.39. The van der Waals surface area contributed by atoms with Crippen molar-refractivity contribution < 1.29 is 19.1 Å². The van der Waals surface area contributed by atoms with E-state index in [0.717, 1.165) is 24.0 Å². The number of benzene rings is 2. The molecule has 0 fully saturated rings. The zero-order valence-corrected chi connectivity index (χ0v) is 23.2. The van der Waals surface area contributed by atoms with E-state index in [1.807, 2.05) is 57.2 Å². The topological polar surface area (TPSA) is 104 Å². The Bertz CT molecular complexity index is 1320. The average molecular weight is 523 g/mol. The van der Waals surface area contributed by atoms with Crippen LogP contribution in [0.15, 0.2) is 47.3 Å². The van der Waals surface area contributed by atoms with Crippen molar-refractivity contribution in [3.63, 3.8) is 0 Å². The van der Waals surface area contributed by atoms with Crippen LogP contribution in [0.2, 0.25) is 0 Å². The van der Waals surface area contributed by atoms with Gasteiger partial charge in [0.2, 0.25) is 5.91 Å². The number of aryl methyl sites for hydroxylation is 4. The van der Waals surface area contributed by atoms with Gasteiger partial charge < -0.3 is 14.8 Å². The molecular formula is C29H38N4O5. The lowest BCUT2D eigenvalue weighted by molar-refractivity contribution is -0.156. The first-order valence-electron chi connectivity index (χ1n) is 12.9. The number of ether oxygens (including phenoxy) is 2. The van der Waals surface area contributed by atoms with Crippen LogP contribution in [-0.4, -0.2) is 38.9 Å². The number of aromatic nitrogens is 3. The standard InChI is InChI=1S/C29H38N4O5/c1-7-32-25(10-8-9-22-13-15-24(16-14-22)38-29(4,5)27(35)37-6)31-33(28(32)36)19-26(34)30-18-23-12-11-20(2)21(3)17-23/h11-17H,7-10,18-19H2,1-6H3,(H,30,34). The van der Waals surface area contributed by atoms with Gasteiger partial charge >= 0.3 is 11.7 Å². The Morgan fingerprint density at radius 1 is 1.00 bits per heavy atom. The molecule has 1 amide bonds. The first kappa shape index (κ1) is 28.7. The van der Waals surface area contributed by atoms with Gasteiger partial charge in [-0.15, -0.1) is 0 Å². The largest absolute Gasteiger partial charge is 0.476 e. The molecule has 38 heavy (non-hydrogen) atoms. The molecule has 0 aliphatic carbocycles. The van der Waals surface area contributed by atoms with Crippen molar-refractivity contribution in [2.45, 2.75) is 79.1 Å². The van der Waals surface area contributed by atoms with Crippen LogP contribution in [0.5, 0.6) is 5.75 Å². The summed E-state index contributed by atoms with van der Waals surface area (Å²) in [6.07, 6.45) is 2.17. The predicted octanol–water partition coefficient (Wildman–Crippen LogP) is 3.50. The number of nitrogens with one attached hydrogen (secondary N) is 1. The van der Waals surface area contributed by atoms with Gasteiger partial charge in [-0.3, -0.25) is 9.36 Å². The molecule has 0 atom stereocenters. The van der Waals surface area contributed by atoms with Crippen molar-refractivity contribution in [1.82, 2.24) is 19.7 Å². The summed E-state index contributed by atoms with van der Waals surface area (Å²) in [6.45, 7) is 10.1. The van der Waals surface area contributed by atoms with Crippen LogP contribution in [0, 0.1) is 13.8 Å². The molecule has 0 saturated heterocycles. The number of nitrogens with zero attached hydrogens (tertiary/aromatic N) is 3. The molecule has 1 heterocycles. The molecule has 3 aromatic rings. The molecular weight excluding hydrogens is 484 g/mol. The summed E-state index contributed by atoms with van der Waals surface area (Å²) < 4.78 is 13.4. The highest BCUT2D eigenvalue weighted by molar-refractivity contribution is 5.78. The Kier molecular flexibility index (Phi) is 9.50. The maximum atomic E-state index is 12.8. The summed E-state index contributed by atoms with van der Waals surface area (Å²) in [6, 6.07) is 13.6. The van der Waals surface area contributed by atoms with Gasteiger partial charge in [0, 0.05) is 19.5 Å². The Hall–Kier alpha value is -3.88. The molecule has 1 N–H and O–H groups in total. The zero-order valence-electron chi connectivity index (χ0n) is 23.2. The second kappa shape index (κ2) is 12.6. The number of hydrogen-bond donors (Lipinski definition) is 1. The summed E-state index contributed by atoms with van der Waals surface area (Å²) >= 11 is 0. The van der Waals surface area contributed by atoms with E-state index in [4.69, 9.17) is 9.47 Å². The molecule has 0 spiro atoms. The number of esters is 1. The summed E-state index contributed by atoms with van der Waals surface area (Å²) in [4.78, 5) is 37.1. The van der Waals surface area contributed by atoms with Crippen LogP contribution in [0.4, 0.5) is 0 Å². The van der Waals surface area contributed by atoms with Gasteiger partial charge in [0.05, 0.1) is 7.11 Å². The maximum Gasteiger partial charge on any atom is 0.349 e. The summed E-state index contributed by atoms with van der Waals surface area (Å²) in [5.74, 6) is 0.551. The third-order valence-electron chi connectivity index (χ3n) is 6.51. The van der Waals surface area contributed by atoms with E-state index in [0.29, 0.717) is 31.1 Å². The fourth-order valence-electron chi connectivity index (χ4n) is 4.15. The Morgan fingerprint density at radius 3 is 2.32 bits per heavy atom. The van der Waals surface area contributed by atoms with Crippen LogP contribution in [0.25, 0.3) is 0 Å². The van der Waals surface area contributed by atoms with Gasteiger partial charge in [0.25, 0.3) is 0 Å². The highest BCUT2D eigenvalue weighted by Gasteiger charge is 2.31. The smallest absolute Gasteiger partial charge is 0.349 e. The third kappa shape index (κ3) is 7.34. The van der Waals surface area contributed by atoms with E-state index in [9.17, 15) is 14.4 Å².